The van der Waals surface area contributed by atoms with Crippen molar-refractivity contribution in [1.29, 1.82) is 0 Å². The minimum atomic E-state index is -0.394. The third-order valence-electron chi connectivity index (χ3n) is 3.84. The van der Waals surface area contributed by atoms with Gasteiger partial charge in [0.1, 0.15) is 5.82 Å². The Morgan fingerprint density at radius 2 is 2.12 bits per heavy atom. The maximum Gasteiger partial charge on any atom is 0.142 e. The summed E-state index contributed by atoms with van der Waals surface area (Å²) in [6, 6.07) is 3.32. The number of rotatable bonds is 2. The van der Waals surface area contributed by atoms with E-state index in [4.69, 9.17) is 23.2 Å². The molecule has 1 aliphatic rings. The van der Waals surface area contributed by atoms with Gasteiger partial charge in [0, 0.05) is 16.5 Å². The quantitative estimate of drug-likeness (QED) is 0.800. The number of halogens is 3. The molecule has 1 N–H and O–H groups in total. The van der Waals surface area contributed by atoms with Crippen LogP contribution >= 0.6 is 23.2 Å². The first-order valence-corrected chi connectivity index (χ1v) is 6.63. The molecule has 1 aromatic rings. The Labute approximate surface area is 111 Å². The zero-order chi connectivity index (χ0) is 12.6. The van der Waals surface area contributed by atoms with Crippen molar-refractivity contribution in [3.05, 3.63) is 33.6 Å². The second-order valence-electron chi connectivity index (χ2n) is 4.83. The van der Waals surface area contributed by atoms with E-state index in [0.717, 1.165) is 24.9 Å². The monoisotopic (exact) mass is 275 g/mol. The van der Waals surface area contributed by atoms with Crippen LogP contribution in [0.2, 0.25) is 10.0 Å². The fourth-order valence-electron chi connectivity index (χ4n) is 2.78. The maximum atomic E-state index is 13.6. The van der Waals surface area contributed by atoms with Crippen LogP contribution in [0.4, 0.5) is 4.39 Å². The molecule has 0 bridgehead atoms. The molecule has 94 valence electrons. The second-order valence-corrected chi connectivity index (χ2v) is 5.64. The van der Waals surface area contributed by atoms with Gasteiger partial charge in [-0.25, -0.2) is 4.39 Å². The summed E-state index contributed by atoms with van der Waals surface area (Å²) < 4.78 is 13.6. The highest BCUT2D eigenvalue weighted by Crippen LogP contribution is 2.41. The minimum absolute atomic E-state index is 0.0846. The molecule has 2 atom stereocenters. The third kappa shape index (κ3) is 2.18. The molecule has 4 heteroatoms. The topological polar surface area (TPSA) is 12.0 Å². The average molecular weight is 276 g/mol. The minimum Gasteiger partial charge on any atom is -0.313 e. The van der Waals surface area contributed by atoms with E-state index in [1.807, 2.05) is 0 Å². The third-order valence-corrected chi connectivity index (χ3v) is 4.44. The lowest BCUT2D eigenvalue weighted by Gasteiger charge is -2.32. The van der Waals surface area contributed by atoms with Crippen molar-refractivity contribution in [3.8, 4) is 0 Å². The van der Waals surface area contributed by atoms with E-state index in [-0.39, 0.29) is 10.4 Å². The zero-order valence-corrected chi connectivity index (χ0v) is 11.5. The van der Waals surface area contributed by atoms with Crippen LogP contribution in [0, 0.1) is 5.82 Å². The highest BCUT2D eigenvalue weighted by molar-refractivity contribution is 6.35. The first-order valence-electron chi connectivity index (χ1n) is 5.87. The summed E-state index contributed by atoms with van der Waals surface area (Å²) in [4.78, 5) is 0. The molecule has 1 aliphatic heterocycles. The maximum absolute atomic E-state index is 13.6. The molecule has 1 heterocycles. The van der Waals surface area contributed by atoms with Gasteiger partial charge >= 0.3 is 0 Å². The van der Waals surface area contributed by atoms with Crippen molar-refractivity contribution in [3.63, 3.8) is 0 Å². The molecule has 2 unspecified atom stereocenters. The molecule has 0 radical (unpaired) electrons. The average Bonchev–Trinajstić information content (AvgIpc) is 2.66. The first-order chi connectivity index (χ1) is 7.99. The van der Waals surface area contributed by atoms with Gasteiger partial charge in [-0.05, 0) is 37.1 Å². The number of hydrogen-bond donors (Lipinski definition) is 1. The molecule has 0 aliphatic carbocycles. The van der Waals surface area contributed by atoms with Crippen LogP contribution in [0.15, 0.2) is 12.1 Å². The largest absolute Gasteiger partial charge is 0.313 e. The number of hydrogen-bond acceptors (Lipinski definition) is 1. The molecular weight excluding hydrogens is 260 g/mol. The summed E-state index contributed by atoms with van der Waals surface area (Å²) >= 11 is 11.9. The molecule has 17 heavy (non-hydrogen) atoms. The van der Waals surface area contributed by atoms with E-state index in [9.17, 15) is 4.39 Å². The molecule has 0 saturated carbocycles. The van der Waals surface area contributed by atoms with Gasteiger partial charge in [0.15, 0.2) is 0 Å². The van der Waals surface area contributed by atoms with Crippen molar-refractivity contribution in [2.24, 2.45) is 0 Å². The van der Waals surface area contributed by atoms with E-state index in [1.54, 1.807) is 0 Å². The normalized spacial score (nSPS) is 28.6. The summed E-state index contributed by atoms with van der Waals surface area (Å²) in [6.07, 6.45) is 1.96. The summed E-state index contributed by atoms with van der Waals surface area (Å²) in [6.45, 7) is 5.20. The lowest BCUT2D eigenvalue weighted by atomic mass is 9.75. The molecular formula is C13H16Cl2FN. The second kappa shape index (κ2) is 4.75. The van der Waals surface area contributed by atoms with Crippen LogP contribution in [0.1, 0.15) is 32.3 Å². The Morgan fingerprint density at radius 3 is 2.76 bits per heavy atom. The van der Waals surface area contributed by atoms with Gasteiger partial charge in [-0.2, -0.15) is 0 Å². The van der Waals surface area contributed by atoms with E-state index >= 15 is 0 Å². The molecule has 0 aromatic heterocycles. The summed E-state index contributed by atoms with van der Waals surface area (Å²) in [5.74, 6) is -0.394. The van der Waals surface area contributed by atoms with Gasteiger partial charge in [-0.1, -0.05) is 37.0 Å². The van der Waals surface area contributed by atoms with Crippen LogP contribution in [0.25, 0.3) is 0 Å². The molecule has 0 amide bonds. The molecule has 1 saturated heterocycles. The highest BCUT2D eigenvalue weighted by Gasteiger charge is 2.40. The van der Waals surface area contributed by atoms with E-state index in [0.29, 0.717) is 11.1 Å². The molecule has 1 fully saturated rings. The van der Waals surface area contributed by atoms with Crippen LogP contribution < -0.4 is 5.32 Å². The van der Waals surface area contributed by atoms with Gasteiger partial charge in [0.05, 0.1) is 5.02 Å². The van der Waals surface area contributed by atoms with E-state index in [2.05, 4.69) is 19.2 Å². The number of nitrogens with one attached hydrogen (secondary N) is 1. The Morgan fingerprint density at radius 1 is 1.41 bits per heavy atom. The standard InChI is InChI=1S/C13H16Cl2FN/c1-3-12-13(2,4-5-17-12)8-6-11(16)10(15)7-9(8)14/h6-7,12,17H,3-5H2,1-2H3. The van der Waals surface area contributed by atoms with Gasteiger partial charge in [0.2, 0.25) is 0 Å². The Hall–Kier alpha value is -0.310. The lowest BCUT2D eigenvalue weighted by molar-refractivity contribution is 0.391. The van der Waals surface area contributed by atoms with Gasteiger partial charge in [-0.3, -0.25) is 0 Å². The van der Waals surface area contributed by atoms with Gasteiger partial charge in [0.25, 0.3) is 0 Å². The Kier molecular flexibility index (Phi) is 3.67. The molecule has 0 spiro atoms. The van der Waals surface area contributed by atoms with Crippen molar-refractivity contribution in [2.75, 3.05) is 6.54 Å². The Balaban J connectivity index is 2.49. The molecule has 1 aromatic carbocycles. The Bertz CT molecular complexity index is 436. The first kappa shape index (κ1) is 13.1. The van der Waals surface area contributed by atoms with E-state index < -0.39 is 5.82 Å². The van der Waals surface area contributed by atoms with Gasteiger partial charge < -0.3 is 5.32 Å². The summed E-state index contributed by atoms with van der Waals surface area (Å²) in [5, 5.41) is 4.08. The highest BCUT2D eigenvalue weighted by atomic mass is 35.5. The predicted octanol–water partition coefficient (Wildman–Crippen LogP) is 4.16. The van der Waals surface area contributed by atoms with Crippen molar-refractivity contribution < 1.29 is 4.39 Å². The number of benzene rings is 1. The molecule has 1 nitrogen and oxygen atoms in total. The van der Waals surface area contributed by atoms with Crippen LogP contribution in [0.5, 0.6) is 0 Å². The van der Waals surface area contributed by atoms with Crippen molar-refractivity contribution in [2.45, 2.75) is 38.1 Å². The van der Waals surface area contributed by atoms with Gasteiger partial charge in [-0.15, -0.1) is 0 Å². The summed E-state index contributed by atoms with van der Waals surface area (Å²) in [7, 11) is 0. The van der Waals surface area contributed by atoms with Crippen LogP contribution in [0.3, 0.4) is 0 Å². The fraction of sp³-hybridized carbons (Fsp3) is 0.538. The van der Waals surface area contributed by atoms with E-state index in [1.165, 1.54) is 12.1 Å². The predicted molar refractivity (Wildman–Crippen MR) is 70.5 cm³/mol. The van der Waals surface area contributed by atoms with Crippen molar-refractivity contribution >= 4 is 23.2 Å². The molecule has 2 rings (SSSR count). The lowest BCUT2D eigenvalue weighted by Crippen LogP contribution is -2.37. The smallest absolute Gasteiger partial charge is 0.142 e. The fourth-order valence-corrected chi connectivity index (χ4v) is 3.38. The summed E-state index contributed by atoms with van der Waals surface area (Å²) in [5.41, 5.74) is 0.745. The van der Waals surface area contributed by atoms with Crippen molar-refractivity contribution in [1.82, 2.24) is 5.32 Å². The zero-order valence-electron chi connectivity index (χ0n) is 9.99. The van der Waals surface area contributed by atoms with Crippen LogP contribution in [-0.2, 0) is 5.41 Å². The van der Waals surface area contributed by atoms with Crippen LogP contribution in [-0.4, -0.2) is 12.6 Å². The SMILES string of the molecule is CCC1NCCC1(C)c1cc(F)c(Cl)cc1Cl.